The zero-order valence-corrected chi connectivity index (χ0v) is 19.2. The van der Waals surface area contributed by atoms with Crippen molar-refractivity contribution in [1.82, 2.24) is 0 Å². The van der Waals surface area contributed by atoms with Crippen LogP contribution in [0.1, 0.15) is 44.2 Å². The highest BCUT2D eigenvalue weighted by atomic mass is 32.2. The molecule has 3 aromatic rings. The molecule has 0 aliphatic rings. The smallest absolute Gasteiger partial charge is 0.426 e. The topological polar surface area (TPSA) is 39.4 Å². The summed E-state index contributed by atoms with van der Waals surface area (Å²) in [5.74, 6) is -0.186. The molecule has 0 saturated carbocycles. The molecule has 0 amide bonds. The molecule has 3 rings (SSSR count). The Kier molecular flexibility index (Phi) is 7.80. The summed E-state index contributed by atoms with van der Waals surface area (Å²) in [5.41, 5.74) is -6.77. The highest BCUT2D eigenvalue weighted by Crippen LogP contribution is 2.40. The van der Waals surface area contributed by atoms with Crippen molar-refractivity contribution < 1.29 is 34.9 Å². The Labute approximate surface area is 194 Å². The van der Waals surface area contributed by atoms with E-state index >= 15 is 0 Å². The average Bonchev–Trinajstić information content (AvgIpc) is 2.75. The van der Waals surface area contributed by atoms with Crippen molar-refractivity contribution >= 4 is 27.1 Å². The Morgan fingerprint density at radius 2 is 1.71 bits per heavy atom. The number of fused-ring (bicyclic) bond motifs is 1. The van der Waals surface area contributed by atoms with Crippen LogP contribution in [-0.4, -0.2) is 10.9 Å². The highest BCUT2D eigenvalue weighted by Gasteiger charge is 2.36. The summed E-state index contributed by atoms with van der Waals surface area (Å²) in [6, 6.07) is 8.77. The molecule has 0 saturated heterocycles. The lowest BCUT2D eigenvalue weighted by Crippen LogP contribution is -2.12. The van der Waals surface area contributed by atoms with E-state index in [1.807, 2.05) is 6.92 Å². The summed E-state index contributed by atoms with van der Waals surface area (Å²) in [6.45, 7) is 3.20. The minimum absolute atomic E-state index is 0.0992. The number of aryl methyl sites for hydroxylation is 1. The SMILES string of the molecule is C/C=S(/Oc1ccc2cc(-c3ccc(CCCCC)cc3C(F)(F)F)c(=O)oc2c1)C(F)(F)F. The van der Waals surface area contributed by atoms with E-state index in [-0.39, 0.29) is 27.8 Å². The predicted molar refractivity (Wildman–Crippen MR) is 122 cm³/mol. The van der Waals surface area contributed by atoms with E-state index in [4.69, 9.17) is 8.60 Å². The zero-order valence-electron chi connectivity index (χ0n) is 18.3. The van der Waals surface area contributed by atoms with Crippen molar-refractivity contribution in [1.29, 1.82) is 0 Å². The number of hydrogen-bond acceptors (Lipinski definition) is 3. The number of unbranched alkanes of at least 4 members (excludes halogenated alkanes) is 2. The van der Waals surface area contributed by atoms with Crippen LogP contribution in [0, 0.1) is 0 Å². The second-order valence-corrected chi connectivity index (χ2v) is 9.24. The van der Waals surface area contributed by atoms with Crippen molar-refractivity contribution in [3.63, 3.8) is 0 Å². The molecule has 3 nitrogen and oxygen atoms in total. The van der Waals surface area contributed by atoms with Gasteiger partial charge < -0.3 is 8.60 Å². The third-order valence-electron chi connectivity index (χ3n) is 5.08. The molecule has 1 atom stereocenters. The normalized spacial score (nSPS) is 13.4. The maximum absolute atomic E-state index is 13.8. The van der Waals surface area contributed by atoms with Crippen LogP contribution >= 0.6 is 10.8 Å². The average molecular weight is 504 g/mol. The van der Waals surface area contributed by atoms with Gasteiger partial charge in [0, 0.05) is 17.0 Å². The quantitative estimate of drug-likeness (QED) is 0.141. The van der Waals surface area contributed by atoms with E-state index in [0.717, 1.165) is 36.8 Å². The number of benzene rings is 2. The maximum atomic E-state index is 13.8. The van der Waals surface area contributed by atoms with Gasteiger partial charge in [-0.3, -0.25) is 0 Å². The lowest BCUT2D eigenvalue weighted by Gasteiger charge is -2.15. The largest absolute Gasteiger partial charge is 0.470 e. The number of halogens is 6. The van der Waals surface area contributed by atoms with Gasteiger partial charge in [0.15, 0.2) is 0 Å². The molecule has 1 heterocycles. The van der Waals surface area contributed by atoms with E-state index in [1.165, 1.54) is 31.2 Å². The Bertz CT molecular complexity index is 1260. The Morgan fingerprint density at radius 3 is 2.32 bits per heavy atom. The van der Waals surface area contributed by atoms with Crippen LogP contribution in [0.3, 0.4) is 0 Å². The van der Waals surface area contributed by atoms with Gasteiger partial charge in [-0.05, 0) is 55.0 Å². The Morgan fingerprint density at radius 1 is 0.971 bits per heavy atom. The van der Waals surface area contributed by atoms with E-state index in [2.05, 4.69) is 0 Å². The third kappa shape index (κ3) is 6.02. The fourth-order valence-corrected chi connectivity index (χ4v) is 4.23. The number of alkyl halides is 6. The van der Waals surface area contributed by atoms with Gasteiger partial charge in [0.25, 0.3) is 0 Å². The summed E-state index contributed by atoms with van der Waals surface area (Å²) < 4.78 is 90.4. The van der Waals surface area contributed by atoms with Gasteiger partial charge in [0.05, 0.1) is 21.9 Å². The first-order valence-electron chi connectivity index (χ1n) is 10.5. The molecule has 0 aliphatic heterocycles. The fraction of sp³-hybridized carbons (Fsp3) is 0.333. The van der Waals surface area contributed by atoms with E-state index < -0.39 is 33.6 Å². The van der Waals surface area contributed by atoms with Gasteiger partial charge in [-0.25, -0.2) is 4.79 Å². The first kappa shape index (κ1) is 25.9. The van der Waals surface area contributed by atoms with Crippen molar-refractivity contribution in [3.8, 4) is 16.9 Å². The van der Waals surface area contributed by atoms with Gasteiger partial charge in [0.1, 0.15) is 11.3 Å². The molecule has 0 aliphatic carbocycles. The third-order valence-corrected chi connectivity index (χ3v) is 6.34. The molecule has 0 fully saturated rings. The summed E-state index contributed by atoms with van der Waals surface area (Å²) in [5, 5.41) is 1.10. The summed E-state index contributed by atoms with van der Waals surface area (Å²) in [6.07, 6.45) is -1.63. The van der Waals surface area contributed by atoms with Crippen molar-refractivity contribution in [2.24, 2.45) is 0 Å². The van der Waals surface area contributed by atoms with Crippen LogP contribution in [0.2, 0.25) is 0 Å². The molecule has 2 aromatic carbocycles. The second-order valence-electron chi connectivity index (χ2n) is 7.54. The Balaban J connectivity index is 2.03. The molecule has 0 spiro atoms. The van der Waals surface area contributed by atoms with Crippen molar-refractivity contribution in [2.75, 3.05) is 0 Å². The second kappa shape index (κ2) is 10.2. The molecule has 10 heteroatoms. The number of hydrogen-bond donors (Lipinski definition) is 0. The van der Waals surface area contributed by atoms with Crippen LogP contribution in [0.5, 0.6) is 5.75 Å². The summed E-state index contributed by atoms with van der Waals surface area (Å²) >= 11 is 0. The number of rotatable bonds is 7. The van der Waals surface area contributed by atoms with Crippen LogP contribution in [0.25, 0.3) is 22.1 Å². The first-order valence-corrected chi connectivity index (χ1v) is 11.7. The maximum Gasteiger partial charge on any atom is 0.470 e. The first-order chi connectivity index (χ1) is 15.9. The van der Waals surface area contributed by atoms with E-state index in [0.29, 0.717) is 12.0 Å². The molecule has 0 bridgehead atoms. The van der Waals surface area contributed by atoms with Crippen LogP contribution in [-0.2, 0) is 12.6 Å². The van der Waals surface area contributed by atoms with Gasteiger partial charge >= 0.3 is 17.3 Å². The van der Waals surface area contributed by atoms with Crippen molar-refractivity contribution in [2.45, 2.75) is 51.2 Å². The molecular formula is C24H22F6O3S. The van der Waals surface area contributed by atoms with Gasteiger partial charge in [-0.1, -0.05) is 31.9 Å². The van der Waals surface area contributed by atoms with E-state index in [1.54, 1.807) is 6.07 Å². The fourth-order valence-electron chi connectivity index (χ4n) is 3.46. The van der Waals surface area contributed by atoms with Gasteiger partial charge in [-0.15, -0.1) is 0 Å². The molecule has 1 aromatic heterocycles. The lowest BCUT2D eigenvalue weighted by molar-refractivity contribution is -0.137. The standard InChI is InChI=1S/C24H22F6O3S/c1-3-5-6-7-15-8-11-18(20(12-15)23(25,26)27)19-13-16-9-10-17(14-21(16)32-22(19)31)33-34(4-2)24(28,29)30/h4,8-14H,3,5-7H2,1-2H3. The van der Waals surface area contributed by atoms with Crippen molar-refractivity contribution in [3.05, 3.63) is 64.0 Å². The monoisotopic (exact) mass is 504 g/mol. The van der Waals surface area contributed by atoms with Crippen LogP contribution in [0.4, 0.5) is 26.3 Å². The van der Waals surface area contributed by atoms with Gasteiger partial charge in [0.2, 0.25) is 0 Å². The van der Waals surface area contributed by atoms with Crippen LogP contribution < -0.4 is 9.81 Å². The summed E-state index contributed by atoms with van der Waals surface area (Å²) in [4.78, 5) is 12.6. The molecule has 34 heavy (non-hydrogen) atoms. The van der Waals surface area contributed by atoms with Crippen LogP contribution in [0.15, 0.2) is 51.7 Å². The predicted octanol–water partition coefficient (Wildman–Crippen LogP) is 8.12. The molecular weight excluding hydrogens is 482 g/mol. The molecule has 0 radical (unpaired) electrons. The Hall–Kier alpha value is -2.75. The molecule has 0 N–H and O–H groups in total. The summed E-state index contributed by atoms with van der Waals surface area (Å²) in [7, 11) is -2.47. The zero-order chi connectivity index (χ0) is 25.1. The van der Waals surface area contributed by atoms with E-state index in [9.17, 15) is 31.1 Å². The highest BCUT2D eigenvalue weighted by molar-refractivity contribution is 8.11. The van der Waals surface area contributed by atoms with Gasteiger partial charge in [-0.2, -0.15) is 26.3 Å². The minimum Gasteiger partial charge on any atom is -0.426 e. The minimum atomic E-state index is -4.70. The molecule has 1 unspecified atom stereocenters. The lowest BCUT2D eigenvalue weighted by atomic mass is 9.95. The molecule has 184 valence electrons.